The SMILES string of the molecule is O=[N+]([O-])c1cc([N+](=O)[O-])c(O)c([N+](=O)[O-])c1.O=[N+]([O-])c1ccc(SCCCc2cccnc2)c([N+](=O)[O-])c1. The highest BCUT2D eigenvalue weighted by Crippen LogP contribution is 2.39. The quantitative estimate of drug-likeness (QED) is 0.156. The van der Waals surface area contributed by atoms with E-state index in [-0.39, 0.29) is 11.4 Å². The fourth-order valence-corrected chi connectivity index (χ4v) is 3.82. The highest BCUT2D eigenvalue weighted by molar-refractivity contribution is 7.99. The predicted molar refractivity (Wildman–Crippen MR) is 131 cm³/mol. The molecule has 0 bridgehead atoms. The molecular weight excluding hydrogens is 532 g/mol. The van der Waals surface area contributed by atoms with Gasteiger partial charge in [0.25, 0.3) is 22.8 Å². The first-order chi connectivity index (χ1) is 17.9. The summed E-state index contributed by atoms with van der Waals surface area (Å²) >= 11 is 1.33. The number of nitro groups is 5. The van der Waals surface area contributed by atoms with Crippen LogP contribution in [0.15, 0.2) is 59.8 Å². The maximum Gasteiger partial charge on any atom is 0.324 e. The fraction of sp³-hybridized carbons (Fsp3) is 0.150. The lowest BCUT2D eigenvalue weighted by Crippen LogP contribution is -1.97. The van der Waals surface area contributed by atoms with Gasteiger partial charge in [0.1, 0.15) is 0 Å². The van der Waals surface area contributed by atoms with Crippen LogP contribution in [0.25, 0.3) is 0 Å². The molecule has 3 rings (SSSR count). The Balaban J connectivity index is 0.000000281. The molecule has 0 saturated heterocycles. The molecule has 0 amide bonds. The van der Waals surface area contributed by atoms with Crippen LogP contribution in [0, 0.1) is 50.6 Å². The molecule has 0 aliphatic carbocycles. The number of aryl methyl sites for hydroxylation is 1. The fourth-order valence-electron chi connectivity index (χ4n) is 2.86. The molecule has 0 unspecified atom stereocenters. The first-order valence-corrected chi connectivity index (χ1v) is 11.2. The number of hydrogen-bond acceptors (Lipinski definition) is 13. The summed E-state index contributed by atoms with van der Waals surface area (Å²) in [7, 11) is 0. The van der Waals surface area contributed by atoms with E-state index in [1.165, 1.54) is 23.9 Å². The molecule has 0 radical (unpaired) electrons. The van der Waals surface area contributed by atoms with Crippen molar-refractivity contribution in [3.63, 3.8) is 0 Å². The number of nitro benzene ring substituents is 5. The Morgan fingerprint density at radius 3 is 1.76 bits per heavy atom. The van der Waals surface area contributed by atoms with Crippen molar-refractivity contribution in [1.29, 1.82) is 0 Å². The number of phenols is 1. The smallest absolute Gasteiger partial charge is 0.324 e. The van der Waals surface area contributed by atoms with Gasteiger partial charge in [-0.2, -0.15) is 0 Å². The van der Waals surface area contributed by atoms with Crippen LogP contribution in [-0.2, 0) is 6.42 Å². The van der Waals surface area contributed by atoms with E-state index < -0.39 is 47.4 Å². The van der Waals surface area contributed by atoms with Gasteiger partial charge in [-0.3, -0.25) is 55.6 Å². The van der Waals surface area contributed by atoms with Gasteiger partial charge in [-0.05, 0) is 36.3 Å². The number of nitrogens with zero attached hydrogens (tertiary/aromatic N) is 6. The van der Waals surface area contributed by atoms with Crippen molar-refractivity contribution in [2.75, 3.05) is 5.75 Å². The van der Waals surface area contributed by atoms with Crippen LogP contribution >= 0.6 is 11.8 Å². The zero-order valence-electron chi connectivity index (χ0n) is 18.9. The number of rotatable bonds is 10. The van der Waals surface area contributed by atoms with E-state index in [0.717, 1.165) is 24.5 Å². The van der Waals surface area contributed by atoms with Crippen molar-refractivity contribution in [2.45, 2.75) is 17.7 Å². The van der Waals surface area contributed by atoms with E-state index >= 15 is 0 Å². The van der Waals surface area contributed by atoms with Crippen molar-refractivity contribution < 1.29 is 29.7 Å². The lowest BCUT2D eigenvalue weighted by atomic mass is 10.2. The maximum atomic E-state index is 11.0. The topological polar surface area (TPSA) is 249 Å². The normalized spacial score (nSPS) is 10.1. The van der Waals surface area contributed by atoms with Gasteiger partial charge in [0.2, 0.25) is 0 Å². The van der Waals surface area contributed by atoms with Gasteiger partial charge < -0.3 is 5.11 Å². The number of aromatic hydroxyl groups is 1. The van der Waals surface area contributed by atoms with Crippen molar-refractivity contribution >= 4 is 40.2 Å². The van der Waals surface area contributed by atoms with E-state index in [4.69, 9.17) is 5.11 Å². The first-order valence-electron chi connectivity index (χ1n) is 10.2. The molecule has 1 aromatic heterocycles. The third-order valence-corrected chi connectivity index (χ3v) is 5.75. The number of benzene rings is 2. The third kappa shape index (κ3) is 7.88. The average molecular weight is 548 g/mol. The number of pyridine rings is 1. The lowest BCUT2D eigenvalue weighted by Gasteiger charge is -2.03. The minimum absolute atomic E-state index is 0.222. The van der Waals surface area contributed by atoms with Gasteiger partial charge in [0, 0.05) is 18.5 Å². The van der Waals surface area contributed by atoms with Crippen LogP contribution in [0.5, 0.6) is 5.75 Å². The second-order valence-electron chi connectivity index (χ2n) is 7.08. The van der Waals surface area contributed by atoms with Gasteiger partial charge in [-0.25, -0.2) is 0 Å². The number of thioether (sulfide) groups is 1. The monoisotopic (exact) mass is 548 g/mol. The number of non-ortho nitro benzene ring substituents is 2. The van der Waals surface area contributed by atoms with Crippen LogP contribution in [-0.4, -0.2) is 40.5 Å². The molecule has 198 valence electrons. The van der Waals surface area contributed by atoms with Crippen LogP contribution in [0.2, 0.25) is 0 Å². The standard InChI is InChI=1S/C14H13N3O4S.C6H3N3O7/c18-16(19)12-5-6-14(13(9-12)17(20)21)22-8-2-4-11-3-1-7-15-10-11;10-6-4(8(13)14)1-3(7(11)12)2-5(6)9(15)16/h1,3,5-7,9-10H,2,4,8H2;1-2,10H. The summed E-state index contributed by atoms with van der Waals surface area (Å²) in [6, 6.07) is 8.46. The Bertz CT molecular complexity index is 1350. The Labute approximate surface area is 215 Å². The minimum Gasteiger partial charge on any atom is -0.497 e. The molecule has 0 aliphatic heterocycles. The zero-order chi connectivity index (χ0) is 28.4. The molecule has 0 saturated carbocycles. The zero-order valence-corrected chi connectivity index (χ0v) is 19.8. The summed E-state index contributed by atoms with van der Waals surface area (Å²) < 4.78 is 0. The molecule has 0 spiro atoms. The minimum atomic E-state index is -1.21. The van der Waals surface area contributed by atoms with E-state index in [9.17, 15) is 50.6 Å². The molecule has 0 atom stereocenters. The predicted octanol–water partition coefficient (Wildman–Crippen LogP) is 4.74. The third-order valence-electron chi connectivity index (χ3n) is 4.60. The molecule has 1 N–H and O–H groups in total. The number of aromatic nitrogens is 1. The highest BCUT2D eigenvalue weighted by atomic mass is 32.2. The molecule has 17 nitrogen and oxygen atoms in total. The molecule has 18 heteroatoms. The van der Waals surface area contributed by atoms with Gasteiger partial charge >= 0.3 is 11.4 Å². The van der Waals surface area contributed by atoms with Crippen LogP contribution < -0.4 is 0 Å². The molecular formula is C20H16N6O11S. The summed E-state index contributed by atoms with van der Waals surface area (Å²) in [6.07, 6.45) is 5.17. The second-order valence-corrected chi connectivity index (χ2v) is 8.22. The maximum absolute atomic E-state index is 11.0. The molecule has 0 aliphatic rings. The summed E-state index contributed by atoms with van der Waals surface area (Å²) in [6.45, 7) is 0. The molecule has 0 fully saturated rings. The summed E-state index contributed by atoms with van der Waals surface area (Å²) in [4.78, 5) is 52.7. The molecule has 2 aromatic carbocycles. The Morgan fingerprint density at radius 1 is 0.737 bits per heavy atom. The summed E-state index contributed by atoms with van der Waals surface area (Å²) in [5, 5.41) is 61.9. The first kappa shape index (κ1) is 29.0. The molecule has 1 heterocycles. The van der Waals surface area contributed by atoms with Crippen LogP contribution in [0.3, 0.4) is 0 Å². The largest absolute Gasteiger partial charge is 0.497 e. The number of hydrogen-bond donors (Lipinski definition) is 1. The van der Waals surface area contributed by atoms with E-state index in [1.54, 1.807) is 12.4 Å². The second kappa shape index (κ2) is 13.2. The van der Waals surface area contributed by atoms with Crippen molar-refractivity contribution in [2.24, 2.45) is 0 Å². The Kier molecular flexibility index (Phi) is 10.0. The van der Waals surface area contributed by atoms with Gasteiger partial charge in [-0.15, -0.1) is 11.8 Å². The van der Waals surface area contributed by atoms with E-state index in [1.807, 2.05) is 12.1 Å². The van der Waals surface area contributed by atoms with E-state index in [2.05, 4.69) is 4.98 Å². The van der Waals surface area contributed by atoms with Crippen LogP contribution in [0.1, 0.15) is 12.0 Å². The van der Waals surface area contributed by atoms with E-state index in [0.29, 0.717) is 22.8 Å². The van der Waals surface area contributed by atoms with Crippen molar-refractivity contribution in [1.82, 2.24) is 4.98 Å². The highest BCUT2D eigenvalue weighted by Gasteiger charge is 2.30. The van der Waals surface area contributed by atoms with Crippen LogP contribution in [0.4, 0.5) is 28.4 Å². The van der Waals surface area contributed by atoms with Gasteiger partial charge in [0.15, 0.2) is 0 Å². The van der Waals surface area contributed by atoms with Gasteiger partial charge in [-0.1, -0.05) is 6.07 Å². The lowest BCUT2D eigenvalue weighted by molar-refractivity contribution is -0.404. The average Bonchev–Trinajstić information content (AvgIpc) is 2.87. The molecule has 38 heavy (non-hydrogen) atoms. The Morgan fingerprint density at radius 2 is 1.29 bits per heavy atom. The number of phenolic OH excluding ortho intramolecular Hbond substituents is 1. The van der Waals surface area contributed by atoms with Crippen molar-refractivity contribution in [3.05, 3.63) is 111 Å². The summed E-state index contributed by atoms with van der Waals surface area (Å²) in [5.74, 6) is -0.520. The van der Waals surface area contributed by atoms with Crippen molar-refractivity contribution in [3.8, 4) is 5.75 Å². The molecule has 3 aromatic rings. The summed E-state index contributed by atoms with van der Waals surface area (Å²) in [5.41, 5.74) is -2.38. The Hall–Kier alpha value is -5.26. The van der Waals surface area contributed by atoms with Gasteiger partial charge in [0.05, 0.1) is 47.7 Å².